The van der Waals surface area contributed by atoms with Crippen LogP contribution in [0.2, 0.25) is 0 Å². The fourth-order valence-electron chi connectivity index (χ4n) is 3.10. The summed E-state index contributed by atoms with van der Waals surface area (Å²) in [6.45, 7) is 7.96. The smallest absolute Gasteiger partial charge is 0.258 e. The van der Waals surface area contributed by atoms with Gasteiger partial charge in [0.1, 0.15) is 5.52 Å². The van der Waals surface area contributed by atoms with E-state index < -0.39 is 32.9 Å². The lowest BCUT2D eigenvalue weighted by Crippen LogP contribution is -1.95. The minimum absolute atomic E-state index is 0.306. The predicted molar refractivity (Wildman–Crippen MR) is 139 cm³/mol. The van der Waals surface area contributed by atoms with Crippen molar-refractivity contribution in [3.8, 4) is 0 Å². The maximum Gasteiger partial charge on any atom is 0.308 e. The zero-order valence-corrected chi connectivity index (χ0v) is 22.8. The molecule has 0 saturated heterocycles. The molecular formula is C23H21Br2F2N5O4. The molecule has 13 heteroatoms. The second-order valence-corrected chi connectivity index (χ2v) is 9.08. The van der Waals surface area contributed by atoms with Crippen LogP contribution in [0.15, 0.2) is 51.4 Å². The number of para-hydroxylation sites is 1. The van der Waals surface area contributed by atoms with Crippen molar-refractivity contribution in [1.82, 2.24) is 15.0 Å². The van der Waals surface area contributed by atoms with Gasteiger partial charge in [-0.25, -0.2) is 4.68 Å². The van der Waals surface area contributed by atoms with E-state index in [0.717, 1.165) is 39.7 Å². The minimum Gasteiger partial charge on any atom is -0.258 e. The van der Waals surface area contributed by atoms with Gasteiger partial charge in [-0.3, -0.25) is 20.2 Å². The maximum absolute atomic E-state index is 12.8. The lowest BCUT2D eigenvalue weighted by molar-refractivity contribution is -0.388. The van der Waals surface area contributed by atoms with Crippen LogP contribution in [0.3, 0.4) is 0 Å². The van der Waals surface area contributed by atoms with Crippen LogP contribution in [0, 0.1) is 52.6 Å². The lowest BCUT2D eigenvalue weighted by atomic mass is 10.2. The highest BCUT2D eigenvalue weighted by atomic mass is 79.9. The van der Waals surface area contributed by atoms with Gasteiger partial charge in [-0.1, -0.05) is 49.2 Å². The molecule has 0 aliphatic heterocycles. The molecule has 1 heterocycles. The number of aryl methyl sites for hydroxylation is 3. The van der Waals surface area contributed by atoms with E-state index in [-0.39, 0.29) is 0 Å². The van der Waals surface area contributed by atoms with Gasteiger partial charge in [-0.2, -0.15) is 8.78 Å². The Hall–Kier alpha value is -3.32. The average molecular weight is 629 g/mol. The van der Waals surface area contributed by atoms with Gasteiger partial charge in [-0.15, -0.1) is 5.10 Å². The van der Waals surface area contributed by atoms with Crippen LogP contribution in [0.25, 0.3) is 11.0 Å². The Balaban J connectivity index is 0.000000191. The van der Waals surface area contributed by atoms with Crippen molar-refractivity contribution in [2.45, 2.75) is 34.2 Å². The van der Waals surface area contributed by atoms with Gasteiger partial charge in [0.05, 0.1) is 15.4 Å². The fourth-order valence-corrected chi connectivity index (χ4v) is 3.74. The fraction of sp³-hybridized carbons (Fsp3) is 0.217. The Labute approximate surface area is 221 Å². The molecule has 3 aromatic carbocycles. The molecule has 36 heavy (non-hydrogen) atoms. The van der Waals surface area contributed by atoms with E-state index in [1.807, 2.05) is 23.7 Å². The van der Waals surface area contributed by atoms with Crippen LogP contribution in [0.5, 0.6) is 0 Å². The number of nitro groups is 2. The zero-order chi connectivity index (χ0) is 27.2. The third-order valence-corrected chi connectivity index (χ3v) is 6.76. The molecule has 190 valence electrons. The monoisotopic (exact) mass is 627 g/mol. The van der Waals surface area contributed by atoms with Crippen molar-refractivity contribution in [2.75, 3.05) is 0 Å². The highest BCUT2D eigenvalue weighted by Crippen LogP contribution is 2.28. The van der Waals surface area contributed by atoms with E-state index in [9.17, 15) is 29.0 Å². The number of rotatable bonds is 3. The van der Waals surface area contributed by atoms with E-state index >= 15 is 0 Å². The normalized spacial score (nSPS) is 10.2. The Morgan fingerprint density at radius 3 is 1.92 bits per heavy atom. The summed E-state index contributed by atoms with van der Waals surface area (Å²) in [5.41, 5.74) is 2.98. The first-order valence-corrected chi connectivity index (χ1v) is 12.0. The number of hydrogen-bond donors (Lipinski definition) is 0. The highest BCUT2D eigenvalue weighted by molar-refractivity contribution is 9.10. The molecule has 0 saturated carbocycles. The number of nitro benzene ring substituents is 2. The summed E-state index contributed by atoms with van der Waals surface area (Å²) in [5.74, 6) is -1.59. The van der Waals surface area contributed by atoms with E-state index in [1.165, 1.54) is 32.0 Å². The summed E-state index contributed by atoms with van der Waals surface area (Å²) < 4.78 is 29.0. The number of halogens is 4. The first kappa shape index (κ1) is 28.9. The van der Waals surface area contributed by atoms with Gasteiger partial charge in [0.2, 0.25) is 11.6 Å². The van der Waals surface area contributed by atoms with E-state index in [1.54, 1.807) is 0 Å². The molecule has 0 bridgehead atoms. The summed E-state index contributed by atoms with van der Waals surface area (Å²) in [6.07, 6.45) is 0. The standard InChI is InChI=1S/C9H10BrN3.C7H5BrFNO2.C7H6FNO2/c1-3-13-8-5-4-7(10)6(2)9(8)11-12-13;1-4-5(8)2-3-6(9)7(4)10(11)12;1-5-3-2-4-6(8)7(5)9(10)11/h4-5H,3H2,1-2H3;2-3H,1H3;2-4H,1H3. The molecule has 1 aromatic heterocycles. The molecule has 0 amide bonds. The summed E-state index contributed by atoms with van der Waals surface area (Å²) >= 11 is 6.55. The van der Waals surface area contributed by atoms with Crippen molar-refractivity contribution >= 4 is 54.3 Å². The summed E-state index contributed by atoms with van der Waals surface area (Å²) in [6, 6.07) is 10.6. The summed E-state index contributed by atoms with van der Waals surface area (Å²) in [5, 5.41) is 28.7. The van der Waals surface area contributed by atoms with E-state index in [0.29, 0.717) is 15.6 Å². The Bertz CT molecular complexity index is 1410. The Morgan fingerprint density at radius 1 is 0.861 bits per heavy atom. The quantitative estimate of drug-likeness (QED) is 0.173. The second kappa shape index (κ2) is 12.6. The van der Waals surface area contributed by atoms with Crippen LogP contribution < -0.4 is 0 Å². The largest absolute Gasteiger partial charge is 0.308 e. The third-order valence-electron chi connectivity index (χ3n) is 5.04. The van der Waals surface area contributed by atoms with Gasteiger partial charge in [0.15, 0.2) is 0 Å². The maximum atomic E-state index is 12.8. The summed E-state index contributed by atoms with van der Waals surface area (Å²) in [4.78, 5) is 19.1. The molecule has 0 N–H and O–H groups in total. The third kappa shape index (κ3) is 6.66. The molecule has 0 aliphatic carbocycles. The van der Waals surface area contributed by atoms with Gasteiger partial charge in [0.25, 0.3) is 0 Å². The molecule has 0 aliphatic rings. The minimum atomic E-state index is -0.805. The number of fused-ring (bicyclic) bond motifs is 1. The lowest BCUT2D eigenvalue weighted by Gasteiger charge is -1.99. The topological polar surface area (TPSA) is 117 Å². The molecular weight excluding hydrogens is 608 g/mol. The molecule has 0 spiro atoms. The van der Waals surface area contributed by atoms with Crippen LogP contribution in [0.1, 0.15) is 23.6 Å². The number of hydrogen-bond acceptors (Lipinski definition) is 6. The second-order valence-electron chi connectivity index (χ2n) is 7.37. The van der Waals surface area contributed by atoms with E-state index in [4.69, 9.17) is 0 Å². The Kier molecular flexibility index (Phi) is 10.1. The van der Waals surface area contributed by atoms with Crippen molar-refractivity contribution in [3.05, 3.63) is 100.0 Å². The first-order valence-electron chi connectivity index (χ1n) is 10.4. The van der Waals surface area contributed by atoms with Crippen molar-refractivity contribution in [2.24, 2.45) is 0 Å². The number of benzene rings is 3. The van der Waals surface area contributed by atoms with Gasteiger partial charge in [0, 0.05) is 26.6 Å². The highest BCUT2D eigenvalue weighted by Gasteiger charge is 2.19. The van der Waals surface area contributed by atoms with Crippen LogP contribution in [0.4, 0.5) is 20.2 Å². The Morgan fingerprint density at radius 2 is 1.42 bits per heavy atom. The molecule has 0 atom stereocenters. The molecule has 4 rings (SSSR count). The number of aromatic nitrogens is 3. The first-order chi connectivity index (χ1) is 16.9. The van der Waals surface area contributed by atoms with Crippen molar-refractivity contribution in [1.29, 1.82) is 0 Å². The van der Waals surface area contributed by atoms with Crippen LogP contribution in [-0.4, -0.2) is 24.8 Å². The van der Waals surface area contributed by atoms with Gasteiger partial charge < -0.3 is 0 Å². The van der Waals surface area contributed by atoms with Gasteiger partial charge >= 0.3 is 11.4 Å². The average Bonchev–Trinajstić information content (AvgIpc) is 3.23. The number of nitrogens with zero attached hydrogens (tertiary/aromatic N) is 5. The molecule has 0 radical (unpaired) electrons. The molecule has 4 aromatic rings. The summed E-state index contributed by atoms with van der Waals surface area (Å²) in [7, 11) is 0. The molecule has 0 unspecified atom stereocenters. The predicted octanol–water partition coefficient (Wildman–Crippen LogP) is 7.37. The van der Waals surface area contributed by atoms with Crippen molar-refractivity contribution < 1.29 is 18.6 Å². The van der Waals surface area contributed by atoms with Crippen molar-refractivity contribution in [3.63, 3.8) is 0 Å². The molecule has 9 nitrogen and oxygen atoms in total. The SMILES string of the molecule is CCn1nnc2c(C)c(Br)ccc21.Cc1c(Br)ccc(F)c1[N+](=O)[O-].Cc1cccc(F)c1[N+](=O)[O-]. The van der Waals surface area contributed by atoms with Crippen LogP contribution in [-0.2, 0) is 6.54 Å². The zero-order valence-electron chi connectivity index (χ0n) is 19.6. The van der Waals surface area contributed by atoms with Gasteiger partial charge in [-0.05, 0) is 63.6 Å². The van der Waals surface area contributed by atoms with E-state index in [2.05, 4.69) is 49.1 Å². The van der Waals surface area contributed by atoms with Crippen LogP contribution >= 0.6 is 31.9 Å². The molecule has 0 fully saturated rings.